The number of benzene rings is 1. The minimum Gasteiger partial charge on any atom is -0.445 e. The Morgan fingerprint density at radius 2 is 2.21 bits per heavy atom. The van der Waals surface area contributed by atoms with E-state index in [0.717, 1.165) is 5.67 Å². The lowest BCUT2D eigenvalue weighted by Crippen LogP contribution is -2.16. The zero-order chi connectivity index (χ0) is 17.9. The predicted molar refractivity (Wildman–Crippen MR) is 93.2 cm³/mol. The van der Waals surface area contributed by atoms with E-state index in [1.54, 1.807) is 6.08 Å². The number of rotatable bonds is 8. The Bertz CT molecular complexity index is 672. The zero-order valence-electron chi connectivity index (χ0n) is 13.2. The molecule has 0 fully saturated rings. The molecule has 128 valence electrons. The quantitative estimate of drug-likeness (QED) is 0.419. The molecule has 1 aromatic carbocycles. The number of halogens is 2. The molecule has 1 aromatic rings. The average molecular weight is 353 g/mol. The summed E-state index contributed by atoms with van der Waals surface area (Å²) in [5.74, 6) is -1.30. The molecule has 1 amide bonds. The van der Waals surface area contributed by atoms with Crippen LogP contribution in [0.2, 0.25) is 0 Å². The largest absolute Gasteiger partial charge is 0.445 e. The van der Waals surface area contributed by atoms with Crippen LogP contribution in [0.3, 0.4) is 0 Å². The maximum atomic E-state index is 14.4. The number of allylic oxidation sites excluding steroid dienone is 2. The number of anilines is 1. The monoisotopic (exact) mass is 352 g/mol. The fourth-order valence-corrected chi connectivity index (χ4v) is 1.98. The van der Waals surface area contributed by atoms with Crippen molar-refractivity contribution in [2.24, 2.45) is 4.99 Å². The molecular formula is C17H18ClFN2O3. The number of ketones is 1. The Morgan fingerprint density at radius 3 is 2.83 bits per heavy atom. The first-order chi connectivity index (χ1) is 11.5. The number of nitrogens with zero attached hydrogens (tertiary/aromatic N) is 1. The van der Waals surface area contributed by atoms with Crippen molar-refractivity contribution in [1.82, 2.24) is 0 Å². The van der Waals surface area contributed by atoms with E-state index in [9.17, 15) is 14.0 Å². The van der Waals surface area contributed by atoms with Crippen molar-refractivity contribution in [2.45, 2.75) is 19.8 Å². The second-order valence-corrected chi connectivity index (χ2v) is 4.80. The van der Waals surface area contributed by atoms with Crippen LogP contribution in [0.25, 0.3) is 0 Å². The highest BCUT2D eigenvalue weighted by Gasteiger charge is 2.17. The van der Waals surface area contributed by atoms with Crippen LogP contribution in [-0.4, -0.2) is 24.2 Å². The minimum absolute atomic E-state index is 0.00627. The summed E-state index contributed by atoms with van der Waals surface area (Å²) in [6.07, 6.45) is 2.84. The van der Waals surface area contributed by atoms with Gasteiger partial charge in [-0.1, -0.05) is 43.3 Å². The van der Waals surface area contributed by atoms with E-state index in [-0.39, 0.29) is 24.3 Å². The zero-order valence-corrected chi connectivity index (χ0v) is 14.0. The Kier molecular flexibility index (Phi) is 8.43. The number of aliphatic imine (C=N–C) groups is 1. The Morgan fingerprint density at radius 1 is 1.46 bits per heavy atom. The number of amides is 1. The summed E-state index contributed by atoms with van der Waals surface area (Å²) in [6.45, 7) is 5.28. The third-order valence-corrected chi connectivity index (χ3v) is 2.96. The van der Waals surface area contributed by atoms with E-state index in [2.05, 4.69) is 16.9 Å². The van der Waals surface area contributed by atoms with Crippen molar-refractivity contribution in [2.75, 3.05) is 11.9 Å². The number of carbonyl (C=O) groups excluding carboxylic acids is 2. The highest BCUT2D eigenvalue weighted by atomic mass is 35.5. The molecule has 0 unspecified atom stereocenters. The number of Topliss-reactive ketones (excluding diaryl/α,β-unsaturated/α-hetero) is 1. The van der Waals surface area contributed by atoms with Crippen LogP contribution in [-0.2, 0) is 4.74 Å². The Hall–Kier alpha value is -2.47. The Labute approximate surface area is 144 Å². The lowest BCUT2D eigenvalue weighted by molar-refractivity contribution is 0.0988. The van der Waals surface area contributed by atoms with Crippen molar-refractivity contribution in [3.63, 3.8) is 0 Å². The number of carbonyl (C=O) groups is 2. The summed E-state index contributed by atoms with van der Waals surface area (Å²) in [5, 5.41) is 2.24. The number of hydrogen-bond acceptors (Lipinski definition) is 4. The topological polar surface area (TPSA) is 67.8 Å². The standard InChI is InChI=1S/C17H18ClFN2O3/c1-3-6-12(20-11-18)10-15(22)13-7-5-8-14(16(13)19)21-17(23)24-9-4-2/h4-8,11H,2-3,9-10H2,1H3,(H,21,23)/b12-6-,20-11?. The first-order valence-electron chi connectivity index (χ1n) is 7.21. The third-order valence-electron chi connectivity index (χ3n) is 2.86. The summed E-state index contributed by atoms with van der Waals surface area (Å²) in [7, 11) is 0. The maximum absolute atomic E-state index is 14.4. The Balaban J connectivity index is 2.94. The molecule has 0 saturated carbocycles. The van der Waals surface area contributed by atoms with E-state index in [1.807, 2.05) is 6.92 Å². The second-order valence-electron chi connectivity index (χ2n) is 4.61. The smallest absolute Gasteiger partial charge is 0.412 e. The van der Waals surface area contributed by atoms with Gasteiger partial charge in [0.25, 0.3) is 0 Å². The summed E-state index contributed by atoms with van der Waals surface area (Å²) in [4.78, 5) is 27.6. The molecule has 0 bridgehead atoms. The predicted octanol–water partition coefficient (Wildman–Crippen LogP) is 4.69. The highest BCUT2D eigenvalue weighted by molar-refractivity contribution is 6.56. The maximum Gasteiger partial charge on any atom is 0.412 e. The van der Waals surface area contributed by atoms with Crippen LogP contribution in [0.5, 0.6) is 0 Å². The molecule has 0 heterocycles. The van der Waals surface area contributed by atoms with Gasteiger partial charge in [-0.25, -0.2) is 14.2 Å². The van der Waals surface area contributed by atoms with Crippen LogP contribution >= 0.6 is 11.6 Å². The lowest BCUT2D eigenvalue weighted by Gasteiger charge is -2.09. The van der Waals surface area contributed by atoms with Gasteiger partial charge in [-0.2, -0.15) is 0 Å². The normalized spacial score (nSPS) is 11.4. The van der Waals surface area contributed by atoms with Crippen LogP contribution in [0.1, 0.15) is 30.1 Å². The molecule has 0 aromatic heterocycles. The van der Waals surface area contributed by atoms with Crippen LogP contribution in [0.15, 0.2) is 47.6 Å². The van der Waals surface area contributed by atoms with Crippen molar-refractivity contribution in [3.8, 4) is 0 Å². The molecule has 1 rings (SSSR count). The SMILES string of the molecule is C=CCOC(=O)Nc1cccc(C(=O)C/C(=C/CC)N=CCl)c1F. The molecule has 0 atom stereocenters. The molecule has 5 nitrogen and oxygen atoms in total. The first-order valence-corrected chi connectivity index (χ1v) is 7.65. The lowest BCUT2D eigenvalue weighted by atomic mass is 10.0. The van der Waals surface area contributed by atoms with Crippen LogP contribution in [0.4, 0.5) is 14.9 Å². The van der Waals surface area contributed by atoms with Gasteiger partial charge in [0, 0.05) is 5.70 Å². The van der Waals surface area contributed by atoms with Gasteiger partial charge in [0.05, 0.1) is 23.3 Å². The molecule has 0 saturated heterocycles. The van der Waals surface area contributed by atoms with Crippen LogP contribution < -0.4 is 5.32 Å². The van der Waals surface area contributed by atoms with Crippen molar-refractivity contribution >= 4 is 34.8 Å². The van der Waals surface area contributed by atoms with Gasteiger partial charge in [0.1, 0.15) is 6.61 Å². The van der Waals surface area contributed by atoms with E-state index in [4.69, 9.17) is 16.3 Å². The van der Waals surface area contributed by atoms with Gasteiger partial charge in [-0.3, -0.25) is 10.1 Å². The van der Waals surface area contributed by atoms with E-state index in [1.165, 1.54) is 24.3 Å². The van der Waals surface area contributed by atoms with E-state index < -0.39 is 17.7 Å². The number of ether oxygens (including phenoxy) is 1. The first kappa shape index (κ1) is 19.6. The van der Waals surface area contributed by atoms with Gasteiger partial charge in [0.15, 0.2) is 11.6 Å². The fourth-order valence-electron chi connectivity index (χ4n) is 1.85. The molecule has 0 radical (unpaired) electrons. The van der Waals surface area contributed by atoms with Crippen molar-refractivity contribution < 1.29 is 18.7 Å². The van der Waals surface area contributed by atoms with Gasteiger partial charge >= 0.3 is 6.09 Å². The molecular weight excluding hydrogens is 335 g/mol. The van der Waals surface area contributed by atoms with Crippen LogP contribution in [0, 0.1) is 5.82 Å². The fraction of sp³-hybridized carbons (Fsp3) is 0.235. The highest BCUT2D eigenvalue weighted by Crippen LogP contribution is 2.21. The molecule has 0 aliphatic heterocycles. The minimum atomic E-state index is -0.836. The van der Waals surface area contributed by atoms with Gasteiger partial charge in [-0.05, 0) is 18.6 Å². The van der Waals surface area contributed by atoms with E-state index in [0.29, 0.717) is 12.1 Å². The van der Waals surface area contributed by atoms with Gasteiger partial charge in [-0.15, -0.1) is 0 Å². The second kappa shape index (κ2) is 10.3. The summed E-state index contributed by atoms with van der Waals surface area (Å²) in [6, 6.07) is 4.14. The summed E-state index contributed by atoms with van der Waals surface area (Å²) >= 11 is 5.43. The summed E-state index contributed by atoms with van der Waals surface area (Å²) in [5.41, 5.74) is 1.21. The molecule has 0 spiro atoms. The molecule has 0 aliphatic rings. The summed E-state index contributed by atoms with van der Waals surface area (Å²) < 4.78 is 19.1. The number of hydrogen-bond donors (Lipinski definition) is 1. The molecule has 7 heteroatoms. The molecule has 24 heavy (non-hydrogen) atoms. The van der Waals surface area contributed by atoms with Crippen molar-refractivity contribution in [1.29, 1.82) is 0 Å². The van der Waals surface area contributed by atoms with E-state index >= 15 is 0 Å². The molecule has 0 aliphatic carbocycles. The average Bonchev–Trinajstić information content (AvgIpc) is 2.55. The number of nitrogens with one attached hydrogen (secondary N) is 1. The van der Waals surface area contributed by atoms with Gasteiger partial charge in [0.2, 0.25) is 0 Å². The van der Waals surface area contributed by atoms with Crippen molar-refractivity contribution in [3.05, 3.63) is 54.0 Å². The molecule has 1 N–H and O–H groups in total. The third kappa shape index (κ3) is 5.96. The van der Waals surface area contributed by atoms with Gasteiger partial charge < -0.3 is 4.74 Å².